The molecule has 0 aliphatic heterocycles. The van der Waals surface area contributed by atoms with Crippen molar-refractivity contribution < 1.29 is 14.7 Å². The molecule has 5 heteroatoms. The van der Waals surface area contributed by atoms with Crippen LogP contribution in [0, 0.1) is 0 Å². The molecule has 2 N–H and O–H groups in total. The van der Waals surface area contributed by atoms with Gasteiger partial charge in [0, 0.05) is 5.02 Å². The van der Waals surface area contributed by atoms with Gasteiger partial charge in [0.15, 0.2) is 0 Å². The van der Waals surface area contributed by atoms with Gasteiger partial charge in [0.2, 0.25) is 5.91 Å². The van der Waals surface area contributed by atoms with Crippen LogP contribution in [0.25, 0.3) is 0 Å². The van der Waals surface area contributed by atoms with E-state index in [2.05, 4.69) is 5.32 Å². The van der Waals surface area contributed by atoms with Crippen LogP contribution in [0.15, 0.2) is 24.3 Å². The number of aliphatic carboxylic acids is 1. The summed E-state index contributed by atoms with van der Waals surface area (Å²) in [7, 11) is 0. The second-order valence-electron chi connectivity index (χ2n) is 4.52. The van der Waals surface area contributed by atoms with Crippen LogP contribution in [0.5, 0.6) is 0 Å². The molecule has 0 radical (unpaired) electrons. The summed E-state index contributed by atoms with van der Waals surface area (Å²) >= 11 is 5.83. The van der Waals surface area contributed by atoms with Gasteiger partial charge in [-0.2, -0.15) is 0 Å². The summed E-state index contributed by atoms with van der Waals surface area (Å²) in [6.07, 6.45) is 2.48. The Balaban J connectivity index is 2.17. The fraction of sp³-hybridized carbons (Fsp3) is 0.385. The number of amides is 1. The Labute approximate surface area is 110 Å². The summed E-state index contributed by atoms with van der Waals surface area (Å²) < 4.78 is 0. The quantitative estimate of drug-likeness (QED) is 0.876. The molecule has 0 atom stereocenters. The van der Waals surface area contributed by atoms with E-state index in [1.165, 1.54) is 0 Å². The number of carboxylic acids is 1. The lowest BCUT2D eigenvalue weighted by Crippen LogP contribution is -2.50. The molecule has 18 heavy (non-hydrogen) atoms. The fourth-order valence-electron chi connectivity index (χ4n) is 2.27. The molecule has 0 bridgehead atoms. The number of rotatable bonds is 4. The first-order chi connectivity index (χ1) is 8.54. The smallest absolute Gasteiger partial charge is 0.322 e. The van der Waals surface area contributed by atoms with Crippen LogP contribution in [0.3, 0.4) is 0 Å². The largest absolute Gasteiger partial charge is 0.480 e. The monoisotopic (exact) mass is 267 g/mol. The Morgan fingerprint density at radius 1 is 1.28 bits per heavy atom. The van der Waals surface area contributed by atoms with Crippen LogP contribution in [-0.2, 0) is 15.0 Å². The maximum atomic E-state index is 12.1. The van der Waals surface area contributed by atoms with Gasteiger partial charge in [0.05, 0.1) is 5.41 Å². The molecule has 1 fully saturated rings. The topological polar surface area (TPSA) is 66.4 Å². The standard InChI is InChI=1S/C13H14ClNO3/c14-10-4-2-9(3-5-10)13(6-1-7-13)12(18)15-8-11(16)17/h2-5H,1,6-8H2,(H,15,18)(H,16,17). The molecule has 0 spiro atoms. The lowest BCUT2D eigenvalue weighted by molar-refractivity contribution is -0.139. The van der Waals surface area contributed by atoms with Crippen LogP contribution in [0.2, 0.25) is 5.02 Å². The molecule has 1 aliphatic carbocycles. The van der Waals surface area contributed by atoms with Crippen molar-refractivity contribution in [2.24, 2.45) is 0 Å². The van der Waals surface area contributed by atoms with Crippen molar-refractivity contribution in [3.8, 4) is 0 Å². The summed E-state index contributed by atoms with van der Waals surface area (Å²) in [6, 6.07) is 7.17. The first kappa shape index (κ1) is 12.9. The molecular formula is C13H14ClNO3. The van der Waals surface area contributed by atoms with Gasteiger partial charge in [-0.05, 0) is 30.5 Å². The van der Waals surface area contributed by atoms with Crippen molar-refractivity contribution in [2.75, 3.05) is 6.54 Å². The molecule has 0 heterocycles. The van der Waals surface area contributed by atoms with E-state index in [1.807, 2.05) is 12.1 Å². The highest BCUT2D eigenvalue weighted by molar-refractivity contribution is 6.30. The number of hydrogen-bond acceptors (Lipinski definition) is 2. The predicted octanol–water partition coefficient (Wildman–Crippen LogP) is 1.96. The molecule has 1 aromatic carbocycles. The molecule has 2 rings (SSSR count). The molecule has 0 saturated heterocycles. The molecule has 1 amide bonds. The highest BCUT2D eigenvalue weighted by Crippen LogP contribution is 2.44. The zero-order valence-electron chi connectivity index (χ0n) is 9.78. The molecule has 4 nitrogen and oxygen atoms in total. The van der Waals surface area contributed by atoms with Gasteiger partial charge in [-0.25, -0.2) is 0 Å². The number of carbonyl (C=O) groups is 2. The van der Waals surface area contributed by atoms with Gasteiger partial charge in [-0.15, -0.1) is 0 Å². The van der Waals surface area contributed by atoms with E-state index < -0.39 is 11.4 Å². The van der Waals surface area contributed by atoms with E-state index in [0.29, 0.717) is 5.02 Å². The lowest BCUT2D eigenvalue weighted by Gasteiger charge is -2.40. The Hall–Kier alpha value is -1.55. The highest BCUT2D eigenvalue weighted by Gasteiger charge is 2.45. The summed E-state index contributed by atoms with van der Waals surface area (Å²) in [4.78, 5) is 22.6. The molecule has 0 unspecified atom stereocenters. The molecular weight excluding hydrogens is 254 g/mol. The molecule has 0 aromatic heterocycles. The Kier molecular flexibility index (Phi) is 3.57. The average molecular weight is 268 g/mol. The first-order valence-electron chi connectivity index (χ1n) is 5.81. The SMILES string of the molecule is O=C(O)CNC(=O)C1(c2ccc(Cl)cc2)CCC1. The van der Waals surface area contributed by atoms with Crippen molar-refractivity contribution >= 4 is 23.5 Å². The molecule has 1 aliphatic rings. The number of nitrogens with one attached hydrogen (secondary N) is 1. The number of halogens is 1. The fourth-order valence-corrected chi connectivity index (χ4v) is 2.40. The van der Waals surface area contributed by atoms with Crippen molar-refractivity contribution in [3.05, 3.63) is 34.9 Å². The van der Waals surface area contributed by atoms with Crippen LogP contribution >= 0.6 is 11.6 Å². The number of hydrogen-bond donors (Lipinski definition) is 2. The minimum absolute atomic E-state index is 0.210. The van der Waals surface area contributed by atoms with Crippen LogP contribution < -0.4 is 5.32 Å². The summed E-state index contributed by atoms with van der Waals surface area (Å²) in [5.74, 6) is -1.24. The summed E-state index contributed by atoms with van der Waals surface area (Å²) in [6.45, 7) is -0.339. The molecule has 1 saturated carbocycles. The predicted molar refractivity (Wildman–Crippen MR) is 67.6 cm³/mol. The van der Waals surface area contributed by atoms with Gasteiger partial charge in [-0.3, -0.25) is 9.59 Å². The average Bonchev–Trinajstić information content (AvgIpc) is 2.27. The van der Waals surface area contributed by atoms with Crippen molar-refractivity contribution in [1.82, 2.24) is 5.32 Å². The van der Waals surface area contributed by atoms with Gasteiger partial charge in [-0.1, -0.05) is 30.2 Å². The summed E-state index contributed by atoms with van der Waals surface area (Å²) in [5.41, 5.74) is 0.334. The number of carboxylic acid groups (broad SMARTS) is 1. The van der Waals surface area contributed by atoms with E-state index in [4.69, 9.17) is 16.7 Å². The first-order valence-corrected chi connectivity index (χ1v) is 6.18. The third-order valence-electron chi connectivity index (χ3n) is 3.44. The van der Waals surface area contributed by atoms with E-state index in [9.17, 15) is 9.59 Å². The second kappa shape index (κ2) is 4.98. The van der Waals surface area contributed by atoms with E-state index >= 15 is 0 Å². The van der Waals surface area contributed by atoms with E-state index in [1.54, 1.807) is 12.1 Å². The van der Waals surface area contributed by atoms with Crippen LogP contribution in [-0.4, -0.2) is 23.5 Å². The molecule has 96 valence electrons. The van der Waals surface area contributed by atoms with Crippen molar-refractivity contribution in [1.29, 1.82) is 0 Å². The molecule has 1 aromatic rings. The lowest BCUT2D eigenvalue weighted by atomic mass is 9.64. The van der Waals surface area contributed by atoms with E-state index in [-0.39, 0.29) is 12.5 Å². The highest BCUT2D eigenvalue weighted by atomic mass is 35.5. The van der Waals surface area contributed by atoms with Gasteiger partial charge >= 0.3 is 5.97 Å². The zero-order valence-corrected chi connectivity index (χ0v) is 10.5. The number of benzene rings is 1. The Bertz CT molecular complexity index is 466. The maximum absolute atomic E-state index is 12.1. The Morgan fingerprint density at radius 3 is 2.33 bits per heavy atom. The van der Waals surface area contributed by atoms with Crippen molar-refractivity contribution in [3.63, 3.8) is 0 Å². The second-order valence-corrected chi connectivity index (χ2v) is 4.96. The van der Waals surface area contributed by atoms with Gasteiger partial charge < -0.3 is 10.4 Å². The third-order valence-corrected chi connectivity index (χ3v) is 3.69. The van der Waals surface area contributed by atoms with Crippen molar-refractivity contribution in [2.45, 2.75) is 24.7 Å². The third kappa shape index (κ3) is 2.34. The van der Waals surface area contributed by atoms with E-state index in [0.717, 1.165) is 24.8 Å². The van der Waals surface area contributed by atoms with Gasteiger partial charge in [0.25, 0.3) is 0 Å². The van der Waals surface area contributed by atoms with Gasteiger partial charge in [0.1, 0.15) is 6.54 Å². The minimum Gasteiger partial charge on any atom is -0.480 e. The minimum atomic E-state index is -1.03. The summed E-state index contributed by atoms with van der Waals surface area (Å²) in [5, 5.41) is 11.7. The normalized spacial score (nSPS) is 16.7. The Morgan fingerprint density at radius 2 is 1.89 bits per heavy atom. The maximum Gasteiger partial charge on any atom is 0.322 e. The van der Waals surface area contributed by atoms with Crippen LogP contribution in [0.1, 0.15) is 24.8 Å². The van der Waals surface area contributed by atoms with Crippen LogP contribution in [0.4, 0.5) is 0 Å². The zero-order chi connectivity index (χ0) is 13.2. The number of carbonyl (C=O) groups excluding carboxylic acids is 1.